The Labute approximate surface area is 106 Å². The maximum absolute atomic E-state index is 11.2. The number of rotatable bonds is 8. The van der Waals surface area contributed by atoms with Crippen molar-refractivity contribution in [1.82, 2.24) is 5.32 Å². The van der Waals surface area contributed by atoms with E-state index >= 15 is 0 Å². The average Bonchev–Trinajstić information content (AvgIpc) is 2.17. The number of hydrogen-bond acceptors (Lipinski definition) is 3. The molecule has 0 aromatic heterocycles. The molecule has 0 spiro atoms. The fourth-order valence-electron chi connectivity index (χ4n) is 1.03. The normalized spacial score (nSPS) is 14.6. The Morgan fingerprint density at radius 2 is 2.19 bits per heavy atom. The molecule has 0 aromatic carbocycles. The predicted molar refractivity (Wildman–Crippen MR) is 64.4 cm³/mol. The van der Waals surface area contributed by atoms with Crippen LogP contribution in [-0.4, -0.2) is 29.9 Å². The van der Waals surface area contributed by atoms with Crippen LogP contribution in [0.3, 0.4) is 0 Å². The SMILES string of the molecule is C=CCC(NC(=O)C(Cl)Cl)OC(C)OCC. The lowest BCUT2D eigenvalue weighted by Gasteiger charge is -2.22. The summed E-state index contributed by atoms with van der Waals surface area (Å²) in [5, 5.41) is 2.53. The van der Waals surface area contributed by atoms with Gasteiger partial charge in [-0.1, -0.05) is 29.3 Å². The molecule has 0 bridgehead atoms. The molecule has 0 fully saturated rings. The molecule has 6 heteroatoms. The summed E-state index contributed by atoms with van der Waals surface area (Å²) in [6, 6.07) is 0. The van der Waals surface area contributed by atoms with Crippen LogP contribution in [0.25, 0.3) is 0 Å². The smallest absolute Gasteiger partial charge is 0.255 e. The largest absolute Gasteiger partial charge is 0.353 e. The fraction of sp³-hybridized carbons (Fsp3) is 0.700. The van der Waals surface area contributed by atoms with Crippen LogP contribution in [0.5, 0.6) is 0 Å². The van der Waals surface area contributed by atoms with Crippen molar-refractivity contribution in [1.29, 1.82) is 0 Å². The fourth-order valence-corrected chi connectivity index (χ4v) is 1.15. The van der Waals surface area contributed by atoms with Crippen molar-refractivity contribution in [2.75, 3.05) is 6.61 Å². The Bertz CT molecular complexity index is 224. The van der Waals surface area contributed by atoms with Gasteiger partial charge in [0.2, 0.25) is 0 Å². The highest BCUT2D eigenvalue weighted by molar-refractivity contribution is 6.53. The van der Waals surface area contributed by atoms with Crippen LogP contribution in [0.2, 0.25) is 0 Å². The van der Waals surface area contributed by atoms with Crippen molar-refractivity contribution in [3.05, 3.63) is 12.7 Å². The van der Waals surface area contributed by atoms with Crippen molar-refractivity contribution in [2.45, 2.75) is 37.6 Å². The monoisotopic (exact) mass is 269 g/mol. The third-order valence-corrected chi connectivity index (χ3v) is 2.04. The zero-order valence-corrected chi connectivity index (χ0v) is 10.9. The third kappa shape index (κ3) is 7.06. The van der Waals surface area contributed by atoms with Crippen LogP contribution < -0.4 is 5.32 Å². The van der Waals surface area contributed by atoms with E-state index in [1.54, 1.807) is 13.0 Å². The van der Waals surface area contributed by atoms with Gasteiger partial charge in [-0.3, -0.25) is 4.79 Å². The first kappa shape index (κ1) is 15.7. The van der Waals surface area contributed by atoms with E-state index in [9.17, 15) is 4.79 Å². The molecule has 0 aliphatic rings. The van der Waals surface area contributed by atoms with Gasteiger partial charge in [0, 0.05) is 13.0 Å². The standard InChI is InChI=1S/C10H17Cl2NO3/c1-4-6-8(13-10(14)9(11)12)16-7(3)15-5-2/h4,7-9H,1,5-6H2,2-3H3,(H,13,14). The zero-order chi connectivity index (χ0) is 12.6. The van der Waals surface area contributed by atoms with Crippen LogP contribution in [0.15, 0.2) is 12.7 Å². The van der Waals surface area contributed by atoms with Gasteiger partial charge in [0.15, 0.2) is 11.1 Å². The van der Waals surface area contributed by atoms with E-state index in [0.717, 1.165) is 0 Å². The number of carbonyl (C=O) groups excluding carboxylic acids is 1. The van der Waals surface area contributed by atoms with Gasteiger partial charge in [-0.15, -0.1) is 6.58 Å². The summed E-state index contributed by atoms with van der Waals surface area (Å²) in [4.78, 5) is 10.1. The Morgan fingerprint density at radius 3 is 2.62 bits per heavy atom. The van der Waals surface area contributed by atoms with Crippen LogP contribution in [0, 0.1) is 0 Å². The molecule has 94 valence electrons. The topological polar surface area (TPSA) is 47.6 Å². The van der Waals surface area contributed by atoms with Crippen molar-refractivity contribution in [3.63, 3.8) is 0 Å². The van der Waals surface area contributed by atoms with Crippen LogP contribution in [0.4, 0.5) is 0 Å². The molecule has 2 unspecified atom stereocenters. The molecule has 0 saturated carbocycles. The summed E-state index contributed by atoms with van der Waals surface area (Å²) < 4.78 is 10.6. The van der Waals surface area contributed by atoms with E-state index in [4.69, 9.17) is 32.7 Å². The van der Waals surface area contributed by atoms with Gasteiger partial charge in [-0.05, 0) is 13.8 Å². The lowest BCUT2D eigenvalue weighted by molar-refractivity contribution is -0.167. The maximum Gasteiger partial charge on any atom is 0.255 e. The lowest BCUT2D eigenvalue weighted by atomic mass is 10.3. The first-order valence-electron chi connectivity index (χ1n) is 4.97. The molecule has 0 aromatic rings. The average molecular weight is 270 g/mol. The van der Waals surface area contributed by atoms with Crippen LogP contribution in [-0.2, 0) is 14.3 Å². The Morgan fingerprint density at radius 1 is 1.56 bits per heavy atom. The summed E-state index contributed by atoms with van der Waals surface area (Å²) in [5.41, 5.74) is 0. The van der Waals surface area contributed by atoms with Gasteiger partial charge in [0.1, 0.15) is 6.23 Å². The minimum Gasteiger partial charge on any atom is -0.353 e. The molecule has 0 aliphatic carbocycles. The van der Waals surface area contributed by atoms with Crippen molar-refractivity contribution < 1.29 is 14.3 Å². The molecule has 1 amide bonds. The highest BCUT2D eigenvalue weighted by atomic mass is 35.5. The highest BCUT2D eigenvalue weighted by Gasteiger charge is 2.18. The first-order chi connectivity index (χ1) is 7.51. The van der Waals surface area contributed by atoms with Gasteiger partial charge in [0.25, 0.3) is 5.91 Å². The second kappa shape index (κ2) is 8.82. The predicted octanol–water partition coefficient (Wildman–Crippen LogP) is 2.21. The van der Waals surface area contributed by atoms with E-state index in [1.165, 1.54) is 0 Å². The second-order valence-corrected chi connectivity index (χ2v) is 4.08. The van der Waals surface area contributed by atoms with E-state index in [-0.39, 0.29) is 0 Å². The van der Waals surface area contributed by atoms with E-state index in [1.807, 2.05) is 6.92 Å². The third-order valence-electron chi connectivity index (χ3n) is 1.64. The maximum atomic E-state index is 11.2. The van der Waals surface area contributed by atoms with Crippen molar-refractivity contribution in [2.24, 2.45) is 0 Å². The molecule has 0 aliphatic heterocycles. The van der Waals surface area contributed by atoms with Crippen molar-refractivity contribution >= 4 is 29.1 Å². The summed E-state index contributed by atoms with van der Waals surface area (Å²) in [7, 11) is 0. The zero-order valence-electron chi connectivity index (χ0n) is 9.41. The van der Waals surface area contributed by atoms with Crippen molar-refractivity contribution in [3.8, 4) is 0 Å². The first-order valence-corrected chi connectivity index (χ1v) is 5.85. The van der Waals surface area contributed by atoms with E-state index in [2.05, 4.69) is 11.9 Å². The van der Waals surface area contributed by atoms with Crippen LogP contribution >= 0.6 is 23.2 Å². The number of amides is 1. The quantitative estimate of drug-likeness (QED) is 0.418. The minimum absolute atomic E-state index is 0.417. The van der Waals surface area contributed by atoms with Gasteiger partial charge in [-0.2, -0.15) is 0 Å². The second-order valence-electron chi connectivity index (χ2n) is 2.98. The molecule has 4 nitrogen and oxygen atoms in total. The molecule has 2 atom stereocenters. The minimum atomic E-state index is -1.11. The van der Waals surface area contributed by atoms with E-state index < -0.39 is 23.3 Å². The molecule has 0 heterocycles. The van der Waals surface area contributed by atoms with Gasteiger partial charge in [0.05, 0.1) is 0 Å². The summed E-state index contributed by atoms with van der Waals surface area (Å²) in [5.74, 6) is -0.501. The van der Waals surface area contributed by atoms with Gasteiger partial charge in [-0.25, -0.2) is 0 Å². The highest BCUT2D eigenvalue weighted by Crippen LogP contribution is 2.06. The summed E-state index contributed by atoms with van der Waals surface area (Å²) in [6.07, 6.45) is 1.12. The van der Waals surface area contributed by atoms with Gasteiger partial charge < -0.3 is 14.8 Å². The molecular formula is C10H17Cl2NO3. The molecule has 0 saturated heterocycles. The number of nitrogens with one attached hydrogen (secondary N) is 1. The summed E-state index contributed by atoms with van der Waals surface area (Å²) in [6.45, 7) is 7.70. The molecule has 0 rings (SSSR count). The summed E-state index contributed by atoms with van der Waals surface area (Å²) >= 11 is 10.8. The van der Waals surface area contributed by atoms with Gasteiger partial charge >= 0.3 is 0 Å². The number of hydrogen-bond donors (Lipinski definition) is 1. The Kier molecular flexibility index (Phi) is 8.66. The lowest BCUT2D eigenvalue weighted by Crippen LogP contribution is -2.41. The van der Waals surface area contributed by atoms with Crippen LogP contribution in [0.1, 0.15) is 20.3 Å². The Balaban J connectivity index is 4.15. The number of ether oxygens (including phenoxy) is 2. The molecule has 0 radical (unpaired) electrons. The number of carbonyl (C=O) groups is 1. The molecule has 1 N–H and O–H groups in total. The number of alkyl halides is 2. The van der Waals surface area contributed by atoms with E-state index in [0.29, 0.717) is 13.0 Å². The number of halogens is 2. The molecular weight excluding hydrogens is 253 g/mol. The molecule has 16 heavy (non-hydrogen) atoms. The Hall–Kier alpha value is -0.290.